The Bertz CT molecular complexity index is 601. The zero-order chi connectivity index (χ0) is 20.0. The lowest BCUT2D eigenvalue weighted by Crippen LogP contribution is -2.42. The Morgan fingerprint density at radius 2 is 1.75 bits per heavy atom. The van der Waals surface area contributed by atoms with Gasteiger partial charge in [0.05, 0.1) is 12.5 Å². The van der Waals surface area contributed by atoms with Crippen LogP contribution < -0.4 is 16.0 Å². The van der Waals surface area contributed by atoms with Gasteiger partial charge in [0.2, 0.25) is 5.91 Å². The van der Waals surface area contributed by atoms with E-state index in [0.717, 1.165) is 25.1 Å². The zero-order valence-electron chi connectivity index (χ0n) is 16.8. The van der Waals surface area contributed by atoms with Gasteiger partial charge < -0.3 is 20.7 Å². The van der Waals surface area contributed by atoms with E-state index in [2.05, 4.69) is 20.9 Å². The van der Waals surface area contributed by atoms with Crippen molar-refractivity contribution in [2.45, 2.75) is 51.0 Å². The number of halogens is 1. The molecule has 0 unspecified atom stereocenters. The summed E-state index contributed by atoms with van der Waals surface area (Å²) in [5.41, 5.74) is 0.791. The van der Waals surface area contributed by atoms with Gasteiger partial charge in [-0.15, -0.1) is 0 Å². The van der Waals surface area contributed by atoms with Gasteiger partial charge in [0.25, 0.3) is 0 Å². The smallest absolute Gasteiger partial charge is 0.224 e. The van der Waals surface area contributed by atoms with E-state index in [-0.39, 0.29) is 18.1 Å². The highest BCUT2D eigenvalue weighted by Gasteiger charge is 2.13. The topological polar surface area (TPSA) is 74.8 Å². The Hall–Kier alpha value is -2.15. The van der Waals surface area contributed by atoms with Crippen LogP contribution in [-0.4, -0.2) is 51.3 Å². The average Bonchev–Trinajstić information content (AvgIpc) is 2.72. The van der Waals surface area contributed by atoms with Crippen LogP contribution in [0.25, 0.3) is 0 Å². The van der Waals surface area contributed by atoms with Crippen molar-refractivity contribution in [3.8, 4) is 0 Å². The molecule has 7 heteroatoms. The molecule has 6 nitrogen and oxygen atoms in total. The maximum absolute atomic E-state index is 12.9. The maximum atomic E-state index is 12.9. The number of hydrogen-bond donors (Lipinski definition) is 3. The lowest BCUT2D eigenvalue weighted by Gasteiger charge is -2.22. The largest absolute Gasteiger partial charge is 0.378 e. The molecule has 28 heavy (non-hydrogen) atoms. The third kappa shape index (κ3) is 9.17. The van der Waals surface area contributed by atoms with Crippen molar-refractivity contribution < 1.29 is 13.9 Å². The van der Waals surface area contributed by atoms with Crippen LogP contribution in [0.15, 0.2) is 29.3 Å². The molecule has 0 aromatic heterocycles. The van der Waals surface area contributed by atoms with Gasteiger partial charge in [-0.25, -0.2) is 4.39 Å². The van der Waals surface area contributed by atoms with Crippen LogP contribution in [0.3, 0.4) is 0 Å². The molecule has 1 fully saturated rings. The van der Waals surface area contributed by atoms with E-state index < -0.39 is 0 Å². The Morgan fingerprint density at radius 1 is 1.07 bits per heavy atom. The Kier molecular flexibility index (Phi) is 10.4. The summed E-state index contributed by atoms with van der Waals surface area (Å²) in [6, 6.07) is 5.97. The molecule has 0 heterocycles. The summed E-state index contributed by atoms with van der Waals surface area (Å²) in [7, 11) is 1.72. The number of carbonyl (C=O) groups is 1. The molecule has 1 aromatic rings. The first kappa shape index (κ1) is 22.1. The highest BCUT2D eigenvalue weighted by atomic mass is 19.1. The molecular weight excluding hydrogens is 359 g/mol. The number of nitrogens with one attached hydrogen (secondary N) is 3. The second kappa shape index (κ2) is 13.1. The summed E-state index contributed by atoms with van der Waals surface area (Å²) in [6.07, 6.45) is 7.95. The van der Waals surface area contributed by atoms with Crippen molar-refractivity contribution in [2.24, 2.45) is 4.99 Å². The minimum atomic E-state index is -0.298. The normalized spacial score (nSPS) is 15.3. The molecule has 2 rings (SSSR count). The van der Waals surface area contributed by atoms with Crippen LogP contribution in [0.5, 0.6) is 0 Å². The summed E-state index contributed by atoms with van der Waals surface area (Å²) in [6.45, 7) is 2.64. The van der Waals surface area contributed by atoms with Gasteiger partial charge in [-0.05, 0) is 37.0 Å². The van der Waals surface area contributed by atoms with E-state index in [1.165, 1.54) is 44.2 Å². The lowest BCUT2D eigenvalue weighted by atomic mass is 9.98. The first-order valence-electron chi connectivity index (χ1n) is 10.2. The molecule has 1 amide bonds. The molecule has 0 bridgehead atoms. The summed E-state index contributed by atoms with van der Waals surface area (Å²) >= 11 is 0. The molecule has 1 aliphatic carbocycles. The fraction of sp³-hybridized carbons (Fsp3) is 0.619. The molecule has 156 valence electrons. The van der Waals surface area contributed by atoms with Crippen LogP contribution in [0.2, 0.25) is 0 Å². The van der Waals surface area contributed by atoms with Gasteiger partial charge in [0.15, 0.2) is 5.96 Å². The van der Waals surface area contributed by atoms with E-state index in [9.17, 15) is 9.18 Å². The number of amides is 1. The lowest BCUT2D eigenvalue weighted by molar-refractivity contribution is -0.120. The standard InChI is InChI=1S/C21H33FN4O2/c1-23-21(25-12-5-15-28-19-6-3-2-4-7-19)26-14-13-24-20(27)16-17-8-10-18(22)11-9-17/h8-11,19H,2-7,12-16H2,1H3,(H,24,27)(H2,23,25,26). The molecule has 0 spiro atoms. The third-order valence-corrected chi connectivity index (χ3v) is 4.76. The number of benzene rings is 1. The summed E-state index contributed by atoms with van der Waals surface area (Å²) < 4.78 is 18.8. The fourth-order valence-corrected chi connectivity index (χ4v) is 3.21. The van der Waals surface area contributed by atoms with Crippen molar-refractivity contribution in [1.82, 2.24) is 16.0 Å². The number of rotatable bonds is 10. The highest BCUT2D eigenvalue weighted by Crippen LogP contribution is 2.20. The van der Waals surface area contributed by atoms with E-state index in [0.29, 0.717) is 25.2 Å². The zero-order valence-corrected chi connectivity index (χ0v) is 16.8. The Labute approximate surface area is 167 Å². The maximum Gasteiger partial charge on any atom is 0.224 e. The predicted molar refractivity (Wildman–Crippen MR) is 110 cm³/mol. The summed E-state index contributed by atoms with van der Waals surface area (Å²) in [5.74, 6) is 0.328. The third-order valence-electron chi connectivity index (χ3n) is 4.76. The van der Waals surface area contributed by atoms with Crippen LogP contribution in [0.4, 0.5) is 4.39 Å². The molecule has 0 radical (unpaired) electrons. The molecule has 3 N–H and O–H groups in total. The molecule has 0 atom stereocenters. The van der Waals surface area contributed by atoms with E-state index >= 15 is 0 Å². The van der Waals surface area contributed by atoms with Crippen LogP contribution in [0, 0.1) is 5.82 Å². The van der Waals surface area contributed by atoms with Gasteiger partial charge in [-0.3, -0.25) is 9.79 Å². The number of hydrogen-bond acceptors (Lipinski definition) is 3. The first-order chi connectivity index (χ1) is 13.7. The predicted octanol–water partition coefficient (Wildman–Crippen LogP) is 2.39. The number of guanidine groups is 1. The fourth-order valence-electron chi connectivity index (χ4n) is 3.21. The van der Waals surface area contributed by atoms with Crippen LogP contribution >= 0.6 is 0 Å². The molecule has 0 saturated heterocycles. The summed E-state index contributed by atoms with van der Waals surface area (Å²) in [5, 5.41) is 9.26. The summed E-state index contributed by atoms with van der Waals surface area (Å²) in [4.78, 5) is 16.1. The van der Waals surface area contributed by atoms with Gasteiger partial charge in [-0.1, -0.05) is 31.4 Å². The highest BCUT2D eigenvalue weighted by molar-refractivity contribution is 5.80. The van der Waals surface area contributed by atoms with Crippen molar-refractivity contribution >= 4 is 11.9 Å². The number of carbonyl (C=O) groups excluding carboxylic acids is 1. The molecular formula is C21H33FN4O2. The first-order valence-corrected chi connectivity index (χ1v) is 10.2. The number of ether oxygens (including phenoxy) is 1. The van der Waals surface area contributed by atoms with Gasteiger partial charge >= 0.3 is 0 Å². The second-order valence-electron chi connectivity index (χ2n) is 7.06. The quantitative estimate of drug-likeness (QED) is 0.325. The molecule has 1 aliphatic rings. The van der Waals surface area contributed by atoms with Crippen molar-refractivity contribution in [3.63, 3.8) is 0 Å². The van der Waals surface area contributed by atoms with Gasteiger partial charge in [0.1, 0.15) is 5.82 Å². The number of aliphatic imine (C=N–C) groups is 1. The molecule has 1 aromatic carbocycles. The minimum absolute atomic E-state index is 0.0868. The van der Waals surface area contributed by atoms with E-state index in [4.69, 9.17) is 4.74 Å². The Balaban J connectivity index is 1.49. The number of nitrogens with zero attached hydrogens (tertiary/aromatic N) is 1. The monoisotopic (exact) mass is 392 g/mol. The van der Waals surface area contributed by atoms with Gasteiger partial charge in [-0.2, -0.15) is 0 Å². The molecule has 0 aliphatic heterocycles. The van der Waals surface area contributed by atoms with Crippen molar-refractivity contribution in [3.05, 3.63) is 35.6 Å². The Morgan fingerprint density at radius 3 is 2.46 bits per heavy atom. The van der Waals surface area contributed by atoms with E-state index in [1.54, 1.807) is 19.2 Å². The minimum Gasteiger partial charge on any atom is -0.378 e. The van der Waals surface area contributed by atoms with Crippen molar-refractivity contribution in [1.29, 1.82) is 0 Å². The SMILES string of the molecule is CN=C(NCCCOC1CCCCC1)NCCNC(=O)Cc1ccc(F)cc1. The van der Waals surface area contributed by atoms with Crippen LogP contribution in [0.1, 0.15) is 44.1 Å². The second-order valence-corrected chi connectivity index (χ2v) is 7.06. The van der Waals surface area contributed by atoms with Gasteiger partial charge in [0, 0.05) is 33.3 Å². The van der Waals surface area contributed by atoms with E-state index in [1.807, 2.05) is 0 Å². The van der Waals surface area contributed by atoms with Crippen LogP contribution in [-0.2, 0) is 16.0 Å². The average molecular weight is 393 g/mol. The molecule has 1 saturated carbocycles. The van der Waals surface area contributed by atoms with Crippen molar-refractivity contribution in [2.75, 3.05) is 33.3 Å².